The maximum Gasteiger partial charge on any atom is 0.168 e. The third-order valence-electron chi connectivity index (χ3n) is 2.68. The maximum absolute atomic E-state index is 11.4. The van der Waals surface area contributed by atoms with Gasteiger partial charge in [0.1, 0.15) is 0 Å². The van der Waals surface area contributed by atoms with Crippen LogP contribution in [-0.2, 0) is 9.84 Å². The fourth-order valence-corrected chi connectivity index (χ4v) is 4.45. The molecule has 1 aromatic rings. The highest BCUT2D eigenvalue weighted by atomic mass is 32.2. The van der Waals surface area contributed by atoms with E-state index in [0.717, 1.165) is 5.16 Å². The molecule has 0 aromatic carbocycles. The van der Waals surface area contributed by atoms with Crippen molar-refractivity contribution in [2.75, 3.05) is 17.3 Å². The molecule has 1 unspecified atom stereocenters. The van der Waals surface area contributed by atoms with Gasteiger partial charge in [0.25, 0.3) is 0 Å². The molecule has 1 aliphatic rings. The molecular formula is C10H13N3O2S2. The van der Waals surface area contributed by atoms with Gasteiger partial charge in [-0.25, -0.2) is 13.4 Å². The van der Waals surface area contributed by atoms with Gasteiger partial charge in [0.15, 0.2) is 15.0 Å². The Morgan fingerprint density at radius 2 is 2.47 bits per heavy atom. The molecule has 1 fully saturated rings. The van der Waals surface area contributed by atoms with E-state index < -0.39 is 9.84 Å². The summed E-state index contributed by atoms with van der Waals surface area (Å²) in [5.74, 6) is 1.15. The predicted octanol–water partition coefficient (Wildman–Crippen LogP) is 1.25. The molecule has 2 heterocycles. The van der Waals surface area contributed by atoms with Crippen molar-refractivity contribution < 1.29 is 8.42 Å². The van der Waals surface area contributed by atoms with Crippen LogP contribution in [0.15, 0.2) is 17.6 Å². The number of rotatable bonds is 4. The lowest BCUT2D eigenvalue weighted by Crippen LogP contribution is -2.11. The summed E-state index contributed by atoms with van der Waals surface area (Å²) in [6, 6.07) is 2.09. The molecule has 0 amide bonds. The van der Waals surface area contributed by atoms with Crippen molar-refractivity contribution in [1.82, 2.24) is 9.55 Å². The van der Waals surface area contributed by atoms with Crippen molar-refractivity contribution >= 4 is 21.6 Å². The molecule has 0 bridgehead atoms. The summed E-state index contributed by atoms with van der Waals surface area (Å²) in [5.41, 5.74) is 0. The van der Waals surface area contributed by atoms with Crippen LogP contribution in [0.2, 0.25) is 0 Å². The second-order valence-electron chi connectivity index (χ2n) is 3.93. The quantitative estimate of drug-likeness (QED) is 0.608. The van der Waals surface area contributed by atoms with E-state index in [9.17, 15) is 8.42 Å². The molecule has 0 spiro atoms. The Morgan fingerprint density at radius 1 is 1.65 bits per heavy atom. The van der Waals surface area contributed by atoms with Gasteiger partial charge in [-0.05, 0) is 6.42 Å². The molecule has 92 valence electrons. The lowest BCUT2D eigenvalue weighted by Gasteiger charge is -2.12. The van der Waals surface area contributed by atoms with Gasteiger partial charge in [-0.3, -0.25) is 0 Å². The number of hydrogen-bond acceptors (Lipinski definition) is 5. The van der Waals surface area contributed by atoms with Crippen LogP contribution in [0.25, 0.3) is 0 Å². The number of aromatic nitrogens is 2. The van der Waals surface area contributed by atoms with Crippen LogP contribution in [0.3, 0.4) is 0 Å². The third-order valence-corrected chi connectivity index (χ3v) is 5.41. The van der Waals surface area contributed by atoms with Crippen molar-refractivity contribution in [3.8, 4) is 6.07 Å². The highest BCUT2D eigenvalue weighted by Crippen LogP contribution is 2.28. The smallest absolute Gasteiger partial charge is 0.168 e. The molecular weight excluding hydrogens is 258 g/mol. The van der Waals surface area contributed by atoms with E-state index in [-0.39, 0.29) is 17.5 Å². The SMILES string of the molecule is N#CCCSc1nccn1C1CCS(=O)(=O)C1. The Kier molecular flexibility index (Phi) is 3.74. The zero-order valence-corrected chi connectivity index (χ0v) is 10.9. The van der Waals surface area contributed by atoms with E-state index in [2.05, 4.69) is 11.1 Å². The zero-order valence-electron chi connectivity index (χ0n) is 9.24. The topological polar surface area (TPSA) is 75.8 Å². The van der Waals surface area contributed by atoms with Crippen LogP contribution in [0.1, 0.15) is 18.9 Å². The number of nitrogens with zero attached hydrogens (tertiary/aromatic N) is 3. The van der Waals surface area contributed by atoms with Crippen LogP contribution in [0.5, 0.6) is 0 Å². The first kappa shape index (κ1) is 12.5. The zero-order chi connectivity index (χ0) is 12.3. The van der Waals surface area contributed by atoms with Gasteiger partial charge in [0.05, 0.1) is 23.6 Å². The second kappa shape index (κ2) is 5.10. The summed E-state index contributed by atoms with van der Waals surface area (Å²) in [4.78, 5) is 4.20. The third kappa shape index (κ3) is 3.01. The Morgan fingerprint density at radius 3 is 3.12 bits per heavy atom. The van der Waals surface area contributed by atoms with E-state index in [4.69, 9.17) is 5.26 Å². The summed E-state index contributed by atoms with van der Waals surface area (Å²) < 4.78 is 24.8. The van der Waals surface area contributed by atoms with Crippen LogP contribution >= 0.6 is 11.8 Å². The summed E-state index contributed by atoms with van der Waals surface area (Å²) >= 11 is 1.50. The van der Waals surface area contributed by atoms with Crippen molar-refractivity contribution in [3.63, 3.8) is 0 Å². The highest BCUT2D eigenvalue weighted by Gasteiger charge is 2.30. The molecule has 5 nitrogen and oxygen atoms in total. The highest BCUT2D eigenvalue weighted by molar-refractivity contribution is 7.99. The number of thioether (sulfide) groups is 1. The van der Waals surface area contributed by atoms with Crippen LogP contribution < -0.4 is 0 Å². The maximum atomic E-state index is 11.4. The van der Waals surface area contributed by atoms with E-state index in [1.54, 1.807) is 6.20 Å². The Hall–Kier alpha value is -1.00. The normalized spacial score (nSPS) is 22.4. The van der Waals surface area contributed by atoms with Gasteiger partial charge in [0.2, 0.25) is 0 Å². The van der Waals surface area contributed by atoms with Crippen molar-refractivity contribution in [1.29, 1.82) is 5.26 Å². The first-order chi connectivity index (χ1) is 8.12. The van der Waals surface area contributed by atoms with Gasteiger partial charge in [-0.15, -0.1) is 0 Å². The standard InChI is InChI=1S/C10H13N3O2S2/c11-3-1-6-16-10-12-4-5-13(10)9-2-7-17(14,15)8-9/h4-5,9H,1-2,6-8H2. The summed E-state index contributed by atoms with van der Waals surface area (Å²) in [6.07, 6.45) is 4.63. The van der Waals surface area contributed by atoms with Crippen LogP contribution in [0.4, 0.5) is 0 Å². The Balaban J connectivity index is 2.07. The van der Waals surface area contributed by atoms with E-state index in [0.29, 0.717) is 18.6 Å². The van der Waals surface area contributed by atoms with Crippen LogP contribution in [-0.4, -0.2) is 35.2 Å². The van der Waals surface area contributed by atoms with E-state index >= 15 is 0 Å². The van der Waals surface area contributed by atoms with Gasteiger partial charge in [0, 0.05) is 24.6 Å². The minimum atomic E-state index is -2.87. The molecule has 7 heteroatoms. The van der Waals surface area contributed by atoms with Gasteiger partial charge < -0.3 is 4.57 Å². The van der Waals surface area contributed by atoms with Crippen LogP contribution in [0, 0.1) is 11.3 Å². The molecule has 0 aliphatic carbocycles. The second-order valence-corrected chi connectivity index (χ2v) is 7.22. The molecule has 17 heavy (non-hydrogen) atoms. The van der Waals surface area contributed by atoms with Gasteiger partial charge in [-0.2, -0.15) is 5.26 Å². The van der Waals surface area contributed by atoms with Crippen molar-refractivity contribution in [3.05, 3.63) is 12.4 Å². The summed E-state index contributed by atoms with van der Waals surface area (Å²) in [5, 5.41) is 9.28. The van der Waals surface area contributed by atoms with Gasteiger partial charge >= 0.3 is 0 Å². The average Bonchev–Trinajstić information content (AvgIpc) is 2.85. The van der Waals surface area contributed by atoms with E-state index in [1.807, 2.05) is 10.8 Å². The van der Waals surface area contributed by atoms with E-state index in [1.165, 1.54) is 11.8 Å². The molecule has 1 saturated heterocycles. The first-order valence-corrected chi connectivity index (χ1v) is 8.16. The van der Waals surface area contributed by atoms with Gasteiger partial charge in [-0.1, -0.05) is 11.8 Å². The lowest BCUT2D eigenvalue weighted by molar-refractivity contribution is 0.514. The van der Waals surface area contributed by atoms with Crippen molar-refractivity contribution in [2.24, 2.45) is 0 Å². The Bertz CT molecular complexity index is 530. The number of imidazole rings is 1. The Labute approximate surface area is 105 Å². The average molecular weight is 271 g/mol. The summed E-state index contributed by atoms with van der Waals surface area (Å²) in [6.45, 7) is 0. The molecule has 0 N–H and O–H groups in total. The number of nitriles is 1. The number of sulfone groups is 1. The molecule has 1 aromatic heterocycles. The lowest BCUT2D eigenvalue weighted by atomic mass is 10.3. The minimum absolute atomic E-state index is 0.00656. The largest absolute Gasteiger partial charge is 0.322 e. The fraction of sp³-hybridized carbons (Fsp3) is 0.600. The number of hydrogen-bond donors (Lipinski definition) is 0. The fourth-order valence-electron chi connectivity index (χ4n) is 1.87. The monoisotopic (exact) mass is 271 g/mol. The summed E-state index contributed by atoms with van der Waals surface area (Å²) in [7, 11) is -2.87. The molecule has 1 atom stereocenters. The molecule has 0 radical (unpaired) electrons. The predicted molar refractivity (Wildman–Crippen MR) is 65.5 cm³/mol. The van der Waals surface area contributed by atoms with Crippen molar-refractivity contribution in [2.45, 2.75) is 24.0 Å². The molecule has 2 rings (SSSR count). The molecule has 0 saturated carbocycles. The first-order valence-electron chi connectivity index (χ1n) is 5.35. The molecule has 1 aliphatic heterocycles. The minimum Gasteiger partial charge on any atom is -0.322 e.